The molecule has 15 heteroatoms. The number of oxime groups is 1. The highest BCUT2D eigenvalue weighted by Gasteiger charge is 2.54. The van der Waals surface area contributed by atoms with E-state index in [0.717, 1.165) is 11.3 Å². The van der Waals surface area contributed by atoms with Crippen LogP contribution in [0.3, 0.4) is 0 Å². The van der Waals surface area contributed by atoms with Gasteiger partial charge in [0, 0.05) is 21.8 Å². The predicted molar refractivity (Wildman–Crippen MR) is 117 cm³/mol. The van der Waals surface area contributed by atoms with Gasteiger partial charge in [-0.05, 0) is 6.42 Å². The van der Waals surface area contributed by atoms with E-state index in [4.69, 9.17) is 15.2 Å². The van der Waals surface area contributed by atoms with E-state index in [-0.39, 0.29) is 35.1 Å². The van der Waals surface area contributed by atoms with Gasteiger partial charge in [0.05, 0.1) is 12.7 Å². The average molecular weight is 502 g/mol. The van der Waals surface area contributed by atoms with Crippen LogP contribution in [-0.2, 0) is 23.9 Å². The highest BCUT2D eigenvalue weighted by molar-refractivity contribution is 8.06. The third kappa shape index (κ3) is 4.43. The molecule has 3 aliphatic rings. The molecule has 5 N–H and O–H groups in total. The third-order valence-corrected chi connectivity index (χ3v) is 8.28. The van der Waals surface area contributed by atoms with Crippen LogP contribution in [0.4, 0.5) is 5.13 Å². The lowest BCUT2D eigenvalue weighted by Gasteiger charge is -2.49. The second-order valence-corrected chi connectivity index (χ2v) is 9.98. The van der Waals surface area contributed by atoms with E-state index in [2.05, 4.69) is 15.5 Å². The number of nitrogens with two attached hydrogens (primary N) is 1. The van der Waals surface area contributed by atoms with Gasteiger partial charge in [-0.3, -0.25) is 14.5 Å². The maximum atomic E-state index is 12.8. The highest BCUT2D eigenvalue weighted by Crippen LogP contribution is 2.43. The van der Waals surface area contributed by atoms with E-state index in [1.54, 1.807) is 0 Å². The number of thioether (sulfide) groups is 2. The normalized spacial score (nSPS) is 25.9. The lowest BCUT2D eigenvalue weighted by molar-refractivity contribution is -0.150. The fraction of sp³-hybridized carbons (Fsp3) is 0.471. The number of carbonyl (C=O) groups is 3. The van der Waals surface area contributed by atoms with Crippen molar-refractivity contribution in [2.45, 2.75) is 23.9 Å². The molecule has 1 aromatic heterocycles. The van der Waals surface area contributed by atoms with Crippen molar-refractivity contribution in [2.75, 3.05) is 30.6 Å². The number of aliphatic carboxylic acids is 1. The summed E-state index contributed by atoms with van der Waals surface area (Å²) in [7, 11) is 0. The molecule has 32 heavy (non-hydrogen) atoms. The molecule has 12 nitrogen and oxygen atoms in total. The zero-order chi connectivity index (χ0) is 22.8. The minimum absolute atomic E-state index is 0.0471. The Hall–Kier alpha value is -2.33. The SMILES string of the molecule is Nc1nc(/C(=N/O)C(=O)NC2C(=O)N3C(C(=O)O)=C(SCC4CCOCO4)CS[C@@H]23)cs1. The number of rotatable bonds is 7. The number of fused-ring (bicyclic) bond motifs is 1. The van der Waals surface area contributed by atoms with Crippen molar-refractivity contribution >= 4 is 63.5 Å². The standard InChI is InChI=1S/C17H19N5O7S3/c18-17-19-8(4-32-17)10(21-27)13(23)20-11-14(24)22-12(16(25)26)9(5-31-15(11)22)30-3-7-1-2-28-6-29-7/h4,7,11,15,27H,1-3,5-6H2,(H2,18,19)(H,20,23)(H,25,26)/b21-10-/t7?,11?,15-/m0/s1. The zero-order valence-corrected chi connectivity index (χ0v) is 18.9. The maximum absolute atomic E-state index is 12.8. The molecule has 172 valence electrons. The molecule has 1 aromatic rings. The monoisotopic (exact) mass is 501 g/mol. The van der Waals surface area contributed by atoms with E-state index in [1.165, 1.54) is 33.8 Å². The number of nitrogen functional groups attached to an aromatic ring is 1. The fourth-order valence-corrected chi connectivity index (χ4v) is 6.60. The number of carboxylic acid groups (broad SMARTS) is 1. The van der Waals surface area contributed by atoms with Crippen LogP contribution in [0.25, 0.3) is 0 Å². The van der Waals surface area contributed by atoms with Gasteiger partial charge in [0.1, 0.15) is 29.6 Å². The summed E-state index contributed by atoms with van der Waals surface area (Å²) in [5.41, 5.74) is 5.16. The van der Waals surface area contributed by atoms with Gasteiger partial charge in [0.2, 0.25) is 0 Å². The number of anilines is 1. The van der Waals surface area contributed by atoms with Crippen molar-refractivity contribution in [1.82, 2.24) is 15.2 Å². The van der Waals surface area contributed by atoms with Gasteiger partial charge < -0.3 is 30.8 Å². The number of carboxylic acids is 1. The first-order valence-corrected chi connectivity index (χ1v) is 12.3. The summed E-state index contributed by atoms with van der Waals surface area (Å²) in [4.78, 5) is 42.9. The smallest absolute Gasteiger partial charge is 0.353 e. The molecule has 3 atom stereocenters. The number of hydrogen-bond donors (Lipinski definition) is 4. The summed E-state index contributed by atoms with van der Waals surface area (Å²) < 4.78 is 10.6. The van der Waals surface area contributed by atoms with Crippen molar-refractivity contribution < 1.29 is 34.2 Å². The second-order valence-electron chi connectivity index (χ2n) is 6.87. The Morgan fingerprint density at radius 3 is 2.91 bits per heavy atom. The van der Waals surface area contributed by atoms with Crippen LogP contribution < -0.4 is 11.1 Å². The number of thiazole rings is 1. The van der Waals surface area contributed by atoms with Crippen molar-refractivity contribution in [3.8, 4) is 0 Å². The molecule has 0 radical (unpaired) electrons. The number of nitrogens with zero attached hydrogens (tertiary/aromatic N) is 3. The number of amides is 2. The first-order chi connectivity index (χ1) is 15.4. The van der Waals surface area contributed by atoms with Gasteiger partial charge >= 0.3 is 5.97 Å². The predicted octanol–water partition coefficient (Wildman–Crippen LogP) is 0.0959. The first-order valence-electron chi connectivity index (χ1n) is 9.38. The van der Waals surface area contributed by atoms with Crippen LogP contribution in [0.2, 0.25) is 0 Å². The molecule has 2 unspecified atom stereocenters. The average Bonchev–Trinajstić information content (AvgIpc) is 3.22. The molecule has 0 bridgehead atoms. The summed E-state index contributed by atoms with van der Waals surface area (Å²) >= 11 is 3.77. The number of carbonyl (C=O) groups excluding carboxylic acids is 2. The number of aromatic nitrogens is 1. The van der Waals surface area contributed by atoms with Crippen LogP contribution in [0.5, 0.6) is 0 Å². The van der Waals surface area contributed by atoms with E-state index in [9.17, 15) is 24.7 Å². The topological polar surface area (TPSA) is 177 Å². The Morgan fingerprint density at radius 1 is 1.47 bits per heavy atom. The summed E-state index contributed by atoms with van der Waals surface area (Å²) in [6.07, 6.45) is 0.670. The molecule has 0 spiro atoms. The quantitative estimate of drug-likeness (QED) is 0.172. The van der Waals surface area contributed by atoms with E-state index in [0.29, 0.717) is 29.4 Å². The van der Waals surface area contributed by atoms with Gasteiger partial charge in [-0.15, -0.1) is 34.9 Å². The minimum atomic E-state index is -1.21. The minimum Gasteiger partial charge on any atom is -0.477 e. The Balaban J connectivity index is 1.44. The van der Waals surface area contributed by atoms with E-state index < -0.39 is 29.2 Å². The molecule has 4 heterocycles. The second kappa shape index (κ2) is 9.66. The Morgan fingerprint density at radius 2 is 2.28 bits per heavy atom. The van der Waals surface area contributed by atoms with Crippen molar-refractivity contribution in [1.29, 1.82) is 0 Å². The maximum Gasteiger partial charge on any atom is 0.353 e. The van der Waals surface area contributed by atoms with Crippen LogP contribution in [0.1, 0.15) is 12.1 Å². The number of hydrogen-bond acceptors (Lipinski definition) is 12. The van der Waals surface area contributed by atoms with Gasteiger partial charge in [-0.25, -0.2) is 9.78 Å². The molecule has 4 rings (SSSR count). The van der Waals surface area contributed by atoms with Crippen LogP contribution in [0, 0.1) is 0 Å². The molecule has 0 aromatic carbocycles. The Labute approximate surface area is 194 Å². The molecule has 2 amide bonds. The largest absolute Gasteiger partial charge is 0.477 e. The molecule has 2 saturated heterocycles. The van der Waals surface area contributed by atoms with Gasteiger partial charge in [0.15, 0.2) is 10.8 Å². The third-order valence-electron chi connectivity index (χ3n) is 4.92. The van der Waals surface area contributed by atoms with Crippen LogP contribution in [0.15, 0.2) is 21.1 Å². The molecular formula is C17H19N5O7S3. The number of ether oxygens (including phenoxy) is 2. The molecule has 0 saturated carbocycles. The van der Waals surface area contributed by atoms with Crippen LogP contribution in [-0.4, -0.2) is 86.1 Å². The Kier molecular flexibility index (Phi) is 6.90. The first kappa shape index (κ1) is 22.8. The van der Waals surface area contributed by atoms with Gasteiger partial charge in [-0.1, -0.05) is 5.16 Å². The summed E-state index contributed by atoms with van der Waals surface area (Å²) in [5.74, 6) is -1.65. The number of nitrogens with one attached hydrogen (secondary N) is 1. The molecular weight excluding hydrogens is 482 g/mol. The lowest BCUT2D eigenvalue weighted by atomic mass is 10.0. The summed E-state index contributed by atoms with van der Waals surface area (Å²) in [6, 6.07) is -0.958. The van der Waals surface area contributed by atoms with Crippen molar-refractivity contribution in [3.05, 3.63) is 21.7 Å². The lowest BCUT2D eigenvalue weighted by Crippen LogP contribution is -2.71. The fourth-order valence-electron chi connectivity index (χ4n) is 3.35. The molecule has 3 aliphatic heterocycles. The van der Waals surface area contributed by atoms with Gasteiger partial charge in [0.25, 0.3) is 11.8 Å². The highest BCUT2D eigenvalue weighted by atomic mass is 32.2. The zero-order valence-electron chi connectivity index (χ0n) is 16.4. The van der Waals surface area contributed by atoms with Crippen LogP contribution >= 0.6 is 34.9 Å². The Bertz CT molecular complexity index is 991. The summed E-state index contributed by atoms with van der Waals surface area (Å²) in [6.45, 7) is 0.803. The molecule has 0 aliphatic carbocycles. The number of β-lactam (4-membered cyclic amide) rings is 1. The van der Waals surface area contributed by atoms with E-state index >= 15 is 0 Å². The summed E-state index contributed by atoms with van der Waals surface area (Å²) in [5, 5.41) is 25.5. The van der Waals surface area contributed by atoms with Crippen molar-refractivity contribution in [2.24, 2.45) is 5.16 Å². The van der Waals surface area contributed by atoms with Crippen molar-refractivity contribution in [3.63, 3.8) is 0 Å². The molecule has 2 fully saturated rings. The van der Waals surface area contributed by atoms with E-state index in [1.807, 2.05) is 0 Å². The van der Waals surface area contributed by atoms with Gasteiger partial charge in [-0.2, -0.15) is 0 Å².